The van der Waals surface area contributed by atoms with E-state index in [2.05, 4.69) is 4.98 Å². The van der Waals surface area contributed by atoms with Gasteiger partial charge in [0.1, 0.15) is 5.52 Å². The van der Waals surface area contributed by atoms with Crippen LogP contribution in [-0.4, -0.2) is 4.98 Å². The van der Waals surface area contributed by atoms with Gasteiger partial charge in [0.15, 0.2) is 11.5 Å². The molecular formula is C12H13NO. The molecule has 0 spiro atoms. The number of hydrogen-bond acceptors (Lipinski definition) is 2. The van der Waals surface area contributed by atoms with Gasteiger partial charge in [-0.1, -0.05) is 25.0 Å². The molecule has 0 amide bonds. The Morgan fingerprint density at radius 2 is 1.93 bits per heavy atom. The van der Waals surface area contributed by atoms with Crippen LogP contribution in [0, 0.1) is 0 Å². The molecule has 1 aromatic heterocycles. The fourth-order valence-corrected chi connectivity index (χ4v) is 2.24. The summed E-state index contributed by atoms with van der Waals surface area (Å²) in [7, 11) is 0. The van der Waals surface area contributed by atoms with Crippen LogP contribution in [0.3, 0.4) is 0 Å². The van der Waals surface area contributed by atoms with Crippen molar-refractivity contribution in [3.63, 3.8) is 0 Å². The topological polar surface area (TPSA) is 26.0 Å². The molecule has 1 aliphatic carbocycles. The molecule has 0 saturated heterocycles. The lowest BCUT2D eigenvalue weighted by molar-refractivity contribution is 0.474. The van der Waals surface area contributed by atoms with E-state index >= 15 is 0 Å². The molecule has 1 fully saturated rings. The highest BCUT2D eigenvalue weighted by atomic mass is 16.3. The molecule has 2 heteroatoms. The van der Waals surface area contributed by atoms with E-state index in [1.807, 2.05) is 24.3 Å². The predicted octanol–water partition coefficient (Wildman–Crippen LogP) is 3.49. The summed E-state index contributed by atoms with van der Waals surface area (Å²) in [6.07, 6.45) is 5.13. The maximum Gasteiger partial charge on any atom is 0.198 e. The largest absolute Gasteiger partial charge is 0.440 e. The van der Waals surface area contributed by atoms with Crippen LogP contribution >= 0.6 is 0 Å². The minimum Gasteiger partial charge on any atom is -0.440 e. The minimum absolute atomic E-state index is 0.572. The molecule has 2 nitrogen and oxygen atoms in total. The number of benzene rings is 1. The van der Waals surface area contributed by atoms with Crippen molar-refractivity contribution in [2.24, 2.45) is 0 Å². The molecule has 14 heavy (non-hydrogen) atoms. The molecule has 1 aromatic carbocycles. The van der Waals surface area contributed by atoms with Gasteiger partial charge >= 0.3 is 0 Å². The third kappa shape index (κ3) is 1.22. The van der Waals surface area contributed by atoms with Crippen LogP contribution < -0.4 is 0 Å². The Morgan fingerprint density at radius 3 is 2.71 bits per heavy atom. The average molecular weight is 187 g/mol. The van der Waals surface area contributed by atoms with Gasteiger partial charge < -0.3 is 4.42 Å². The maximum atomic E-state index is 5.74. The Kier molecular flexibility index (Phi) is 1.79. The summed E-state index contributed by atoms with van der Waals surface area (Å²) in [6.45, 7) is 0. The van der Waals surface area contributed by atoms with Crippen molar-refractivity contribution in [1.29, 1.82) is 0 Å². The smallest absolute Gasteiger partial charge is 0.198 e. The molecule has 0 atom stereocenters. The predicted molar refractivity (Wildman–Crippen MR) is 55.2 cm³/mol. The van der Waals surface area contributed by atoms with Crippen LogP contribution in [-0.2, 0) is 0 Å². The molecule has 2 aromatic rings. The fourth-order valence-electron chi connectivity index (χ4n) is 2.24. The highest BCUT2D eigenvalue weighted by molar-refractivity contribution is 5.72. The van der Waals surface area contributed by atoms with Gasteiger partial charge in [-0.2, -0.15) is 0 Å². The summed E-state index contributed by atoms with van der Waals surface area (Å²) in [5.41, 5.74) is 1.92. The number of rotatable bonds is 1. The van der Waals surface area contributed by atoms with Gasteiger partial charge in [-0.05, 0) is 25.0 Å². The van der Waals surface area contributed by atoms with Crippen molar-refractivity contribution in [2.45, 2.75) is 31.6 Å². The molecule has 0 unspecified atom stereocenters. The quantitative estimate of drug-likeness (QED) is 0.683. The zero-order valence-electron chi connectivity index (χ0n) is 8.07. The van der Waals surface area contributed by atoms with Gasteiger partial charge in [-0.25, -0.2) is 4.98 Å². The fraction of sp³-hybridized carbons (Fsp3) is 0.417. The summed E-state index contributed by atoms with van der Waals surface area (Å²) in [4.78, 5) is 4.53. The highest BCUT2D eigenvalue weighted by Crippen LogP contribution is 2.34. The zero-order chi connectivity index (χ0) is 9.38. The van der Waals surface area contributed by atoms with Gasteiger partial charge in [0.25, 0.3) is 0 Å². The number of para-hydroxylation sites is 2. The van der Waals surface area contributed by atoms with E-state index in [4.69, 9.17) is 4.42 Å². The van der Waals surface area contributed by atoms with E-state index in [0.717, 1.165) is 17.0 Å². The van der Waals surface area contributed by atoms with Crippen LogP contribution in [0.15, 0.2) is 28.7 Å². The number of hydrogen-bond donors (Lipinski definition) is 0. The third-order valence-corrected chi connectivity index (χ3v) is 3.01. The Balaban J connectivity index is 2.05. The molecule has 3 rings (SSSR count). The standard InChI is InChI=1S/C12H13NO/c1-2-6-9(5-1)12-13-10-7-3-4-8-11(10)14-12/h3-4,7-9H,1-2,5-6H2. The maximum absolute atomic E-state index is 5.74. The van der Waals surface area contributed by atoms with Crippen LogP contribution in [0.25, 0.3) is 11.1 Å². The van der Waals surface area contributed by atoms with E-state index in [1.54, 1.807) is 0 Å². The number of oxazole rings is 1. The average Bonchev–Trinajstić information content (AvgIpc) is 2.86. The number of aromatic nitrogens is 1. The van der Waals surface area contributed by atoms with Crippen molar-refractivity contribution in [1.82, 2.24) is 4.98 Å². The van der Waals surface area contributed by atoms with Crippen molar-refractivity contribution in [3.8, 4) is 0 Å². The number of fused-ring (bicyclic) bond motifs is 1. The first-order valence-corrected chi connectivity index (χ1v) is 5.29. The monoisotopic (exact) mass is 187 g/mol. The van der Waals surface area contributed by atoms with Gasteiger partial charge in [0.2, 0.25) is 0 Å². The lowest BCUT2D eigenvalue weighted by Crippen LogP contribution is -1.90. The Labute approximate surface area is 82.9 Å². The van der Waals surface area contributed by atoms with Crippen LogP contribution in [0.4, 0.5) is 0 Å². The molecule has 1 heterocycles. The first kappa shape index (κ1) is 8.04. The first-order valence-electron chi connectivity index (χ1n) is 5.29. The van der Waals surface area contributed by atoms with Gasteiger partial charge in [0, 0.05) is 5.92 Å². The molecule has 1 saturated carbocycles. The summed E-state index contributed by atoms with van der Waals surface area (Å²) < 4.78 is 5.74. The van der Waals surface area contributed by atoms with Gasteiger partial charge in [0.05, 0.1) is 0 Å². The SMILES string of the molecule is c1ccc2oc(C3CCCC3)nc2c1. The second-order valence-electron chi connectivity index (χ2n) is 4.00. The normalized spacial score (nSPS) is 18.0. The lowest BCUT2D eigenvalue weighted by atomic mass is 10.1. The Bertz CT molecular complexity index is 407. The highest BCUT2D eigenvalue weighted by Gasteiger charge is 2.21. The van der Waals surface area contributed by atoms with E-state index < -0.39 is 0 Å². The Hall–Kier alpha value is -1.31. The van der Waals surface area contributed by atoms with Crippen molar-refractivity contribution >= 4 is 11.1 Å². The summed E-state index contributed by atoms with van der Waals surface area (Å²) >= 11 is 0. The van der Waals surface area contributed by atoms with E-state index in [0.29, 0.717) is 5.92 Å². The van der Waals surface area contributed by atoms with E-state index in [9.17, 15) is 0 Å². The number of nitrogens with zero attached hydrogens (tertiary/aromatic N) is 1. The van der Waals surface area contributed by atoms with Crippen LogP contribution in [0.2, 0.25) is 0 Å². The van der Waals surface area contributed by atoms with Crippen molar-refractivity contribution < 1.29 is 4.42 Å². The zero-order valence-corrected chi connectivity index (χ0v) is 8.07. The minimum atomic E-state index is 0.572. The second kappa shape index (κ2) is 3.12. The molecular weight excluding hydrogens is 174 g/mol. The summed E-state index contributed by atoms with van der Waals surface area (Å²) in [6, 6.07) is 7.99. The van der Waals surface area contributed by atoms with Crippen LogP contribution in [0.1, 0.15) is 37.5 Å². The molecule has 0 bridgehead atoms. The van der Waals surface area contributed by atoms with Crippen molar-refractivity contribution in [2.75, 3.05) is 0 Å². The third-order valence-electron chi connectivity index (χ3n) is 3.01. The van der Waals surface area contributed by atoms with E-state index in [-0.39, 0.29) is 0 Å². The molecule has 0 radical (unpaired) electrons. The molecule has 0 aliphatic heterocycles. The summed E-state index contributed by atoms with van der Waals surface area (Å²) in [5.74, 6) is 1.52. The molecule has 1 aliphatic rings. The Morgan fingerprint density at radius 1 is 1.14 bits per heavy atom. The van der Waals surface area contributed by atoms with Gasteiger partial charge in [-0.15, -0.1) is 0 Å². The lowest BCUT2D eigenvalue weighted by Gasteiger charge is -2.00. The van der Waals surface area contributed by atoms with Crippen LogP contribution in [0.5, 0.6) is 0 Å². The summed E-state index contributed by atoms with van der Waals surface area (Å²) in [5, 5.41) is 0. The first-order chi connectivity index (χ1) is 6.93. The van der Waals surface area contributed by atoms with E-state index in [1.165, 1.54) is 25.7 Å². The molecule has 72 valence electrons. The molecule has 0 N–H and O–H groups in total. The van der Waals surface area contributed by atoms with Gasteiger partial charge in [-0.3, -0.25) is 0 Å². The second-order valence-corrected chi connectivity index (χ2v) is 4.00. The van der Waals surface area contributed by atoms with Crippen molar-refractivity contribution in [3.05, 3.63) is 30.2 Å².